The van der Waals surface area contributed by atoms with E-state index in [-0.39, 0.29) is 23.6 Å². The summed E-state index contributed by atoms with van der Waals surface area (Å²) < 4.78 is 44.5. The van der Waals surface area contributed by atoms with Gasteiger partial charge >= 0.3 is 0 Å². The van der Waals surface area contributed by atoms with E-state index in [4.69, 9.17) is 0 Å². The fourth-order valence-electron chi connectivity index (χ4n) is 5.14. The van der Waals surface area contributed by atoms with Crippen LogP contribution in [0.1, 0.15) is 40.5 Å². The number of carbonyl (C=O) groups is 1. The van der Waals surface area contributed by atoms with Gasteiger partial charge in [0.15, 0.2) is 17.5 Å². The minimum atomic E-state index is -1.50. The minimum absolute atomic E-state index is 0.0790. The molecule has 162 valence electrons. The van der Waals surface area contributed by atoms with Gasteiger partial charge in [0, 0.05) is 36.6 Å². The van der Waals surface area contributed by atoms with E-state index in [2.05, 4.69) is 15.2 Å². The summed E-state index contributed by atoms with van der Waals surface area (Å²) in [4.78, 5) is 19.4. The molecule has 1 amide bonds. The summed E-state index contributed by atoms with van der Waals surface area (Å²) in [7, 11) is 1.68. The van der Waals surface area contributed by atoms with Gasteiger partial charge < -0.3 is 4.90 Å². The Bertz CT molecular complexity index is 1390. The van der Waals surface area contributed by atoms with Crippen molar-refractivity contribution in [3.63, 3.8) is 0 Å². The summed E-state index contributed by atoms with van der Waals surface area (Å²) in [5.41, 5.74) is 3.42. The lowest BCUT2D eigenvalue weighted by Crippen LogP contribution is -2.41. The second kappa shape index (κ2) is 6.65. The van der Waals surface area contributed by atoms with E-state index in [1.807, 2.05) is 4.90 Å². The molecule has 10 heteroatoms. The Labute approximate surface area is 180 Å². The monoisotopic (exact) mass is 438 g/mol. The first-order valence-electron chi connectivity index (χ1n) is 10.2. The van der Waals surface area contributed by atoms with Crippen LogP contribution in [0.25, 0.3) is 16.8 Å². The van der Waals surface area contributed by atoms with Crippen molar-refractivity contribution in [3.8, 4) is 11.3 Å². The number of rotatable bonds is 2. The molecule has 0 saturated carbocycles. The zero-order valence-corrected chi connectivity index (χ0v) is 17.0. The lowest BCUT2D eigenvalue weighted by atomic mass is 9.94. The highest BCUT2D eigenvalue weighted by Gasteiger charge is 2.46. The van der Waals surface area contributed by atoms with Gasteiger partial charge in [-0.05, 0) is 31.4 Å². The number of aromatic nitrogens is 5. The number of aryl methyl sites for hydroxylation is 1. The maximum Gasteiger partial charge on any atom is 0.258 e. The molecule has 1 saturated heterocycles. The standard InChI is InChI=1S/C22H17F3N6O/c1-29-21(11-6-15(23)19(25)16(24)7-11)13-8-12-2-3-17(20(13)28-29)31(12)22(32)14-9-27-30-5-4-26-10-18(14)30/h4-7,9-10,12,17H,2-3,8H2,1H3/t12?,17-/m0/s1. The van der Waals surface area contributed by atoms with Gasteiger partial charge in [-0.3, -0.25) is 14.5 Å². The topological polar surface area (TPSA) is 68.3 Å². The van der Waals surface area contributed by atoms with Crippen LogP contribution in [-0.2, 0) is 13.5 Å². The van der Waals surface area contributed by atoms with E-state index in [1.165, 1.54) is 0 Å². The smallest absolute Gasteiger partial charge is 0.258 e. The summed E-state index contributed by atoms with van der Waals surface area (Å²) in [6.07, 6.45) is 8.46. The van der Waals surface area contributed by atoms with E-state index in [0.717, 1.165) is 30.5 Å². The minimum Gasteiger partial charge on any atom is -0.327 e. The summed E-state index contributed by atoms with van der Waals surface area (Å²) in [5.74, 6) is -4.12. The molecule has 0 aliphatic carbocycles. The maximum absolute atomic E-state index is 13.9. The molecule has 4 aromatic rings. The average molecular weight is 438 g/mol. The van der Waals surface area contributed by atoms with Gasteiger partial charge in [0.05, 0.1) is 40.9 Å². The first-order chi connectivity index (χ1) is 15.4. The molecule has 7 nitrogen and oxygen atoms in total. The Kier molecular flexibility index (Phi) is 3.96. The lowest BCUT2D eigenvalue weighted by molar-refractivity contribution is 0.0644. The predicted molar refractivity (Wildman–Crippen MR) is 107 cm³/mol. The quantitative estimate of drug-likeness (QED) is 0.450. The fraction of sp³-hybridized carbons (Fsp3) is 0.273. The Morgan fingerprint density at radius 2 is 1.91 bits per heavy atom. The van der Waals surface area contributed by atoms with Gasteiger partial charge in [-0.15, -0.1) is 0 Å². The molecule has 6 rings (SSSR count). The fourth-order valence-corrected chi connectivity index (χ4v) is 5.14. The van der Waals surface area contributed by atoms with Crippen molar-refractivity contribution in [2.45, 2.75) is 31.3 Å². The molecule has 0 N–H and O–H groups in total. The molecule has 2 atom stereocenters. The van der Waals surface area contributed by atoms with E-state index >= 15 is 0 Å². The number of fused-ring (bicyclic) bond motifs is 5. The third kappa shape index (κ3) is 2.55. The number of hydrogen-bond donors (Lipinski definition) is 0. The molecule has 1 unspecified atom stereocenters. The molecule has 32 heavy (non-hydrogen) atoms. The van der Waals surface area contributed by atoms with Crippen molar-refractivity contribution in [3.05, 3.63) is 71.2 Å². The van der Waals surface area contributed by atoms with E-state index in [1.54, 1.807) is 41.0 Å². The van der Waals surface area contributed by atoms with Crippen LogP contribution in [0.4, 0.5) is 13.2 Å². The largest absolute Gasteiger partial charge is 0.327 e. The number of amides is 1. The molecule has 2 aliphatic heterocycles. The van der Waals surface area contributed by atoms with Crippen LogP contribution in [0.15, 0.2) is 36.9 Å². The molecule has 5 heterocycles. The maximum atomic E-state index is 13.9. The Balaban J connectivity index is 1.43. The first kappa shape index (κ1) is 19.0. The molecular formula is C22H17F3N6O. The highest BCUT2D eigenvalue weighted by Crippen LogP contribution is 2.47. The number of hydrogen-bond acceptors (Lipinski definition) is 4. The van der Waals surface area contributed by atoms with Crippen molar-refractivity contribution in [2.24, 2.45) is 7.05 Å². The predicted octanol–water partition coefficient (Wildman–Crippen LogP) is 3.45. The molecular weight excluding hydrogens is 421 g/mol. The van der Waals surface area contributed by atoms with Crippen LogP contribution >= 0.6 is 0 Å². The van der Waals surface area contributed by atoms with E-state index < -0.39 is 17.5 Å². The molecule has 0 radical (unpaired) electrons. The zero-order valence-electron chi connectivity index (χ0n) is 17.0. The van der Waals surface area contributed by atoms with Crippen LogP contribution in [0, 0.1) is 17.5 Å². The normalized spacial score (nSPS) is 19.6. The van der Waals surface area contributed by atoms with Crippen molar-refractivity contribution in [1.82, 2.24) is 29.3 Å². The SMILES string of the molecule is Cn1nc2c(c1-c1cc(F)c(F)c(F)c1)CC1CC[C@@H]2N1C(=O)c1cnn2ccncc12. The van der Waals surface area contributed by atoms with Crippen LogP contribution in [0.5, 0.6) is 0 Å². The third-order valence-electron chi connectivity index (χ3n) is 6.48. The van der Waals surface area contributed by atoms with Crippen molar-refractivity contribution in [2.75, 3.05) is 0 Å². The number of nitrogens with zero attached hydrogens (tertiary/aromatic N) is 6. The molecule has 1 fully saturated rings. The Morgan fingerprint density at radius 1 is 1.12 bits per heavy atom. The van der Waals surface area contributed by atoms with Gasteiger partial charge in [-0.1, -0.05) is 0 Å². The van der Waals surface area contributed by atoms with Crippen molar-refractivity contribution < 1.29 is 18.0 Å². The van der Waals surface area contributed by atoms with E-state index in [0.29, 0.717) is 28.9 Å². The summed E-state index contributed by atoms with van der Waals surface area (Å²) in [6.45, 7) is 0. The van der Waals surface area contributed by atoms with E-state index in [9.17, 15) is 18.0 Å². The average Bonchev–Trinajstić information content (AvgIpc) is 3.44. The van der Waals surface area contributed by atoms with Gasteiger partial charge in [0.25, 0.3) is 5.91 Å². The second-order valence-electron chi connectivity index (χ2n) is 8.22. The van der Waals surface area contributed by atoms with Gasteiger partial charge in [-0.2, -0.15) is 10.2 Å². The summed E-state index contributed by atoms with van der Waals surface area (Å²) in [5, 5.41) is 8.85. The first-order valence-corrected chi connectivity index (χ1v) is 10.2. The number of halogens is 3. The van der Waals surface area contributed by atoms with Crippen LogP contribution in [0.2, 0.25) is 0 Å². The zero-order chi connectivity index (χ0) is 22.1. The molecule has 1 aromatic carbocycles. The molecule has 0 spiro atoms. The van der Waals surface area contributed by atoms with Crippen molar-refractivity contribution >= 4 is 11.4 Å². The molecule has 2 bridgehead atoms. The van der Waals surface area contributed by atoms with Crippen LogP contribution in [0.3, 0.4) is 0 Å². The summed E-state index contributed by atoms with van der Waals surface area (Å²) in [6, 6.07) is 1.64. The lowest BCUT2D eigenvalue weighted by Gasteiger charge is -2.34. The van der Waals surface area contributed by atoms with Crippen molar-refractivity contribution in [1.29, 1.82) is 0 Å². The Hall–Kier alpha value is -3.69. The highest BCUT2D eigenvalue weighted by atomic mass is 19.2. The third-order valence-corrected chi connectivity index (χ3v) is 6.48. The number of benzene rings is 1. The molecule has 2 aliphatic rings. The Morgan fingerprint density at radius 3 is 2.69 bits per heavy atom. The summed E-state index contributed by atoms with van der Waals surface area (Å²) >= 11 is 0. The van der Waals surface area contributed by atoms with Gasteiger partial charge in [0.2, 0.25) is 0 Å². The highest BCUT2D eigenvalue weighted by molar-refractivity contribution is 6.01. The van der Waals surface area contributed by atoms with Crippen LogP contribution in [-0.4, -0.2) is 41.2 Å². The second-order valence-corrected chi connectivity index (χ2v) is 8.22. The molecule has 3 aromatic heterocycles. The number of carbonyl (C=O) groups excluding carboxylic acids is 1. The van der Waals surface area contributed by atoms with Crippen LogP contribution < -0.4 is 0 Å². The van der Waals surface area contributed by atoms with Gasteiger partial charge in [-0.25, -0.2) is 17.7 Å². The van der Waals surface area contributed by atoms with Gasteiger partial charge in [0.1, 0.15) is 0 Å².